The zero-order valence-corrected chi connectivity index (χ0v) is 20.2. The molecule has 29 heavy (non-hydrogen) atoms. The Morgan fingerprint density at radius 2 is 2.03 bits per heavy atom. The number of fused-ring (bicyclic) bond motifs is 3. The molecule has 0 N–H and O–H groups in total. The highest BCUT2D eigenvalue weighted by Crippen LogP contribution is 2.43. The molecule has 7 heteroatoms. The van der Waals surface area contributed by atoms with Gasteiger partial charge in [-0.1, -0.05) is 55.4 Å². The fraction of sp³-hybridized carbons (Fsp3) is 0.455. The molecule has 3 heterocycles. The van der Waals surface area contributed by atoms with Gasteiger partial charge in [0.15, 0.2) is 5.16 Å². The molecular formula is C22H25ClN2OS3. The normalized spacial score (nSPS) is 18.9. The van der Waals surface area contributed by atoms with E-state index in [-0.39, 0.29) is 5.60 Å². The molecule has 0 bridgehead atoms. The van der Waals surface area contributed by atoms with Crippen LogP contribution in [-0.4, -0.2) is 21.3 Å². The molecular weight excluding hydrogens is 440 g/mol. The summed E-state index contributed by atoms with van der Waals surface area (Å²) in [4.78, 5) is 12.3. The number of thioether (sulfide) groups is 2. The van der Waals surface area contributed by atoms with Crippen LogP contribution in [0.1, 0.15) is 49.6 Å². The van der Waals surface area contributed by atoms with Gasteiger partial charge in [-0.3, -0.25) is 0 Å². The van der Waals surface area contributed by atoms with Crippen LogP contribution >= 0.6 is 46.5 Å². The first-order chi connectivity index (χ1) is 14.0. The van der Waals surface area contributed by atoms with Gasteiger partial charge in [-0.25, -0.2) is 9.97 Å². The summed E-state index contributed by atoms with van der Waals surface area (Å²) in [6.07, 6.45) is 3.03. The zero-order chi connectivity index (χ0) is 20.4. The number of nitrogens with zero attached hydrogens (tertiary/aromatic N) is 2. The van der Waals surface area contributed by atoms with Gasteiger partial charge in [-0.15, -0.1) is 23.1 Å². The summed E-state index contributed by atoms with van der Waals surface area (Å²) in [5.41, 5.74) is 2.41. The van der Waals surface area contributed by atoms with Crippen LogP contribution in [0, 0.1) is 0 Å². The Bertz CT molecular complexity index is 1020. The molecule has 0 amide bonds. The van der Waals surface area contributed by atoms with Crippen molar-refractivity contribution in [1.29, 1.82) is 0 Å². The number of ether oxygens (including phenoxy) is 1. The molecule has 1 atom stereocenters. The van der Waals surface area contributed by atoms with Crippen LogP contribution in [0.5, 0.6) is 0 Å². The minimum atomic E-state index is -0.110. The Morgan fingerprint density at radius 3 is 2.79 bits per heavy atom. The van der Waals surface area contributed by atoms with Crippen LogP contribution in [0.4, 0.5) is 0 Å². The number of halogens is 1. The first-order valence-corrected chi connectivity index (χ1v) is 13.1. The van der Waals surface area contributed by atoms with E-state index >= 15 is 0 Å². The highest BCUT2D eigenvalue weighted by atomic mass is 35.5. The summed E-state index contributed by atoms with van der Waals surface area (Å²) >= 11 is 11.7. The summed E-state index contributed by atoms with van der Waals surface area (Å²) < 4.78 is 6.18. The number of hydrogen-bond donors (Lipinski definition) is 0. The molecule has 2 aromatic heterocycles. The monoisotopic (exact) mass is 464 g/mol. The van der Waals surface area contributed by atoms with Gasteiger partial charge in [0, 0.05) is 33.2 Å². The molecule has 1 aliphatic heterocycles. The standard InChI is InChI=1S/C22H25ClN2OS3/c1-4-10-27-21-24-19(28-13-14-8-6-7-9-16(14)23)18-15-11-22(3,5-2)26-12-17(15)29-20(18)25-21/h6-9H,4-5,10-13H2,1-3H3/t22-/m1/s1. The molecule has 0 aliphatic carbocycles. The van der Waals surface area contributed by atoms with E-state index in [4.69, 9.17) is 26.3 Å². The molecule has 0 saturated heterocycles. The molecule has 0 spiro atoms. The summed E-state index contributed by atoms with van der Waals surface area (Å²) in [7, 11) is 0. The topological polar surface area (TPSA) is 35.0 Å². The maximum Gasteiger partial charge on any atom is 0.190 e. The number of rotatable bonds is 7. The second kappa shape index (κ2) is 9.15. The van der Waals surface area contributed by atoms with E-state index in [1.54, 1.807) is 34.9 Å². The van der Waals surface area contributed by atoms with Crippen LogP contribution in [-0.2, 0) is 23.5 Å². The van der Waals surface area contributed by atoms with Crippen molar-refractivity contribution < 1.29 is 4.74 Å². The van der Waals surface area contributed by atoms with E-state index in [0.29, 0.717) is 6.61 Å². The van der Waals surface area contributed by atoms with Crippen LogP contribution < -0.4 is 0 Å². The van der Waals surface area contributed by atoms with Crippen molar-refractivity contribution in [2.24, 2.45) is 0 Å². The van der Waals surface area contributed by atoms with E-state index in [2.05, 4.69) is 26.8 Å². The number of aromatic nitrogens is 2. The van der Waals surface area contributed by atoms with E-state index in [1.807, 2.05) is 18.2 Å². The maximum absolute atomic E-state index is 6.39. The second-order valence-electron chi connectivity index (χ2n) is 7.49. The lowest BCUT2D eigenvalue weighted by Gasteiger charge is -2.33. The Labute approximate surface area is 190 Å². The average molecular weight is 465 g/mol. The van der Waals surface area contributed by atoms with Gasteiger partial charge in [-0.2, -0.15) is 0 Å². The van der Waals surface area contributed by atoms with E-state index in [1.165, 1.54) is 15.8 Å². The second-order valence-corrected chi connectivity index (χ2v) is 11.0. The molecule has 3 nitrogen and oxygen atoms in total. The Kier molecular flexibility index (Phi) is 6.76. The third-order valence-corrected chi connectivity index (χ3v) is 8.83. The molecule has 3 aromatic rings. The predicted octanol–water partition coefficient (Wildman–Crippen LogP) is 7.38. The summed E-state index contributed by atoms with van der Waals surface area (Å²) in [6, 6.07) is 8.05. The Balaban J connectivity index is 1.75. The first-order valence-electron chi connectivity index (χ1n) is 9.98. The lowest BCUT2D eigenvalue weighted by molar-refractivity contribution is -0.0543. The number of benzene rings is 1. The smallest absolute Gasteiger partial charge is 0.190 e. The molecule has 0 unspecified atom stereocenters. The van der Waals surface area contributed by atoms with Crippen molar-refractivity contribution in [3.63, 3.8) is 0 Å². The molecule has 0 radical (unpaired) electrons. The third kappa shape index (κ3) is 4.62. The molecule has 1 aromatic carbocycles. The van der Waals surface area contributed by atoms with E-state index in [9.17, 15) is 0 Å². The van der Waals surface area contributed by atoms with E-state index in [0.717, 1.165) is 56.4 Å². The largest absolute Gasteiger partial charge is 0.369 e. The molecule has 0 fully saturated rings. The van der Waals surface area contributed by atoms with Crippen molar-refractivity contribution in [2.45, 2.75) is 68.2 Å². The van der Waals surface area contributed by atoms with Gasteiger partial charge in [0.05, 0.1) is 12.2 Å². The third-order valence-electron chi connectivity index (χ3n) is 5.29. The van der Waals surface area contributed by atoms with Crippen LogP contribution in [0.2, 0.25) is 5.02 Å². The predicted molar refractivity (Wildman–Crippen MR) is 127 cm³/mol. The van der Waals surface area contributed by atoms with Crippen LogP contribution in [0.25, 0.3) is 10.2 Å². The van der Waals surface area contributed by atoms with Gasteiger partial charge in [0.1, 0.15) is 9.86 Å². The fourth-order valence-corrected chi connectivity index (χ4v) is 6.69. The van der Waals surface area contributed by atoms with Crippen molar-refractivity contribution in [1.82, 2.24) is 9.97 Å². The highest BCUT2D eigenvalue weighted by Gasteiger charge is 2.33. The van der Waals surface area contributed by atoms with Gasteiger partial charge in [0.25, 0.3) is 0 Å². The van der Waals surface area contributed by atoms with Gasteiger partial charge in [0.2, 0.25) is 0 Å². The average Bonchev–Trinajstić information content (AvgIpc) is 3.09. The molecule has 1 aliphatic rings. The lowest BCUT2D eigenvalue weighted by atomic mass is 9.90. The number of hydrogen-bond acceptors (Lipinski definition) is 6. The Morgan fingerprint density at radius 1 is 1.21 bits per heavy atom. The summed E-state index contributed by atoms with van der Waals surface area (Å²) in [6.45, 7) is 7.27. The lowest BCUT2D eigenvalue weighted by Crippen LogP contribution is -2.33. The minimum Gasteiger partial charge on any atom is -0.369 e. The van der Waals surface area contributed by atoms with Gasteiger partial charge >= 0.3 is 0 Å². The van der Waals surface area contributed by atoms with Crippen LogP contribution in [0.15, 0.2) is 34.4 Å². The van der Waals surface area contributed by atoms with Crippen molar-refractivity contribution >= 4 is 56.7 Å². The quantitative estimate of drug-likeness (QED) is 0.207. The molecule has 154 valence electrons. The summed E-state index contributed by atoms with van der Waals surface area (Å²) in [5, 5.41) is 3.99. The van der Waals surface area contributed by atoms with Crippen LogP contribution in [0.3, 0.4) is 0 Å². The van der Waals surface area contributed by atoms with Gasteiger partial charge < -0.3 is 4.74 Å². The molecule has 4 rings (SSSR count). The van der Waals surface area contributed by atoms with E-state index < -0.39 is 0 Å². The minimum absolute atomic E-state index is 0.110. The zero-order valence-electron chi connectivity index (χ0n) is 17.0. The summed E-state index contributed by atoms with van der Waals surface area (Å²) in [5.74, 6) is 1.83. The van der Waals surface area contributed by atoms with Crippen molar-refractivity contribution in [3.05, 3.63) is 45.3 Å². The fourth-order valence-electron chi connectivity index (χ4n) is 3.37. The maximum atomic E-state index is 6.39. The number of thiophene rings is 1. The molecule has 0 saturated carbocycles. The Hall–Kier alpha value is -0.790. The highest BCUT2D eigenvalue weighted by molar-refractivity contribution is 7.99. The first kappa shape index (κ1) is 21.4. The SMILES string of the molecule is CCCSc1nc(SCc2ccccc2Cl)c2c3c(sc2n1)CO[C@](C)(CC)C3. The van der Waals surface area contributed by atoms with Crippen molar-refractivity contribution in [2.75, 3.05) is 5.75 Å². The van der Waals surface area contributed by atoms with Crippen molar-refractivity contribution in [3.8, 4) is 0 Å². The van der Waals surface area contributed by atoms with Gasteiger partial charge in [-0.05, 0) is 37.0 Å².